The minimum Gasteiger partial charge on any atom is -0.423 e. The minimum atomic E-state index is 0.533. The molecule has 1 aliphatic rings. The average Bonchev–Trinajstić information content (AvgIpc) is 2.96. The van der Waals surface area contributed by atoms with Crippen molar-refractivity contribution in [1.29, 1.82) is 0 Å². The minimum absolute atomic E-state index is 0.533. The molecule has 2 N–H and O–H groups in total. The van der Waals surface area contributed by atoms with Gasteiger partial charge in [0.2, 0.25) is 0 Å². The van der Waals surface area contributed by atoms with Crippen LogP contribution in [0.4, 0.5) is 11.7 Å². The fraction of sp³-hybridized carbons (Fsp3) is 0.417. The molecular weight excluding hydrogens is 234 g/mol. The van der Waals surface area contributed by atoms with Gasteiger partial charge in [-0.05, 0) is 24.3 Å². The Bertz CT molecular complexity index is 534. The molecule has 3 rings (SSSR count). The molecule has 0 radical (unpaired) electrons. The fourth-order valence-corrected chi connectivity index (χ4v) is 3.33. The van der Waals surface area contributed by atoms with E-state index in [0.29, 0.717) is 17.7 Å². The van der Waals surface area contributed by atoms with Crippen LogP contribution in [0, 0.1) is 0 Å². The zero-order valence-corrected chi connectivity index (χ0v) is 10.5. The monoisotopic (exact) mass is 249 g/mol. The quantitative estimate of drug-likeness (QED) is 0.828. The first-order valence-electron chi connectivity index (χ1n) is 5.71. The number of thioether (sulfide) groups is 1. The number of nitrogens with two attached hydrogens (primary N) is 1. The predicted molar refractivity (Wildman–Crippen MR) is 72.6 cm³/mol. The lowest BCUT2D eigenvalue weighted by Gasteiger charge is -2.21. The summed E-state index contributed by atoms with van der Waals surface area (Å²) in [6.45, 7) is 0. The van der Waals surface area contributed by atoms with Gasteiger partial charge in [-0.1, -0.05) is 0 Å². The third kappa shape index (κ3) is 1.95. The van der Waals surface area contributed by atoms with E-state index in [2.05, 4.69) is 9.88 Å². The maximum atomic E-state index is 5.75. The van der Waals surface area contributed by atoms with E-state index >= 15 is 0 Å². The SMILES string of the molecule is CN(c1nc2ccc(N)cc2o1)C1CCSC1. The summed E-state index contributed by atoms with van der Waals surface area (Å²) in [5.74, 6) is 2.37. The van der Waals surface area contributed by atoms with Gasteiger partial charge in [0.05, 0.1) is 0 Å². The second-order valence-corrected chi connectivity index (χ2v) is 5.50. The van der Waals surface area contributed by atoms with Gasteiger partial charge in [-0.3, -0.25) is 0 Å². The van der Waals surface area contributed by atoms with Crippen LogP contribution in [0.15, 0.2) is 22.6 Å². The highest BCUT2D eigenvalue weighted by atomic mass is 32.2. The molecule has 90 valence electrons. The van der Waals surface area contributed by atoms with E-state index in [1.54, 1.807) is 0 Å². The summed E-state index contributed by atoms with van der Waals surface area (Å²) in [6.07, 6.45) is 1.20. The summed E-state index contributed by atoms with van der Waals surface area (Å²) in [5.41, 5.74) is 8.06. The molecule has 5 heteroatoms. The maximum Gasteiger partial charge on any atom is 0.298 e. The van der Waals surface area contributed by atoms with E-state index in [1.165, 1.54) is 12.2 Å². The molecule has 1 saturated heterocycles. The summed E-state index contributed by atoms with van der Waals surface area (Å²) < 4.78 is 5.75. The third-order valence-electron chi connectivity index (χ3n) is 3.16. The Balaban J connectivity index is 1.94. The summed E-state index contributed by atoms with van der Waals surface area (Å²) in [4.78, 5) is 6.63. The van der Waals surface area contributed by atoms with Crippen LogP contribution < -0.4 is 10.6 Å². The smallest absolute Gasteiger partial charge is 0.298 e. The highest BCUT2D eigenvalue weighted by molar-refractivity contribution is 7.99. The van der Waals surface area contributed by atoms with E-state index < -0.39 is 0 Å². The number of nitrogens with zero attached hydrogens (tertiary/aromatic N) is 2. The van der Waals surface area contributed by atoms with Crippen LogP contribution in [0.3, 0.4) is 0 Å². The first kappa shape index (κ1) is 10.8. The van der Waals surface area contributed by atoms with Crippen molar-refractivity contribution < 1.29 is 4.42 Å². The molecule has 1 aromatic heterocycles. The average molecular weight is 249 g/mol. The van der Waals surface area contributed by atoms with Crippen LogP contribution in [0.5, 0.6) is 0 Å². The summed E-state index contributed by atoms with van der Waals surface area (Å²) in [7, 11) is 2.05. The number of benzene rings is 1. The van der Waals surface area contributed by atoms with Crippen LogP contribution in [0.25, 0.3) is 11.1 Å². The van der Waals surface area contributed by atoms with Crippen LogP contribution in [0.2, 0.25) is 0 Å². The van der Waals surface area contributed by atoms with Crippen LogP contribution in [-0.4, -0.2) is 29.6 Å². The van der Waals surface area contributed by atoms with Gasteiger partial charge in [0.1, 0.15) is 5.52 Å². The number of aromatic nitrogens is 1. The Labute approximate surface area is 104 Å². The van der Waals surface area contributed by atoms with E-state index in [0.717, 1.165) is 16.9 Å². The van der Waals surface area contributed by atoms with Gasteiger partial charge >= 0.3 is 0 Å². The number of hydrogen-bond acceptors (Lipinski definition) is 5. The Kier molecular flexibility index (Phi) is 2.63. The second kappa shape index (κ2) is 4.14. The third-order valence-corrected chi connectivity index (χ3v) is 4.30. The molecule has 1 fully saturated rings. The summed E-state index contributed by atoms with van der Waals surface area (Å²) in [5, 5.41) is 0. The molecule has 17 heavy (non-hydrogen) atoms. The summed E-state index contributed by atoms with van der Waals surface area (Å²) in [6, 6.07) is 6.79. The van der Waals surface area contributed by atoms with E-state index in [4.69, 9.17) is 10.2 Å². The largest absolute Gasteiger partial charge is 0.423 e. The Morgan fingerprint density at radius 2 is 2.41 bits per heavy atom. The molecule has 2 aromatic rings. The van der Waals surface area contributed by atoms with Crippen molar-refractivity contribution in [3.8, 4) is 0 Å². The lowest BCUT2D eigenvalue weighted by atomic mass is 10.2. The maximum absolute atomic E-state index is 5.75. The number of fused-ring (bicyclic) bond motifs is 1. The van der Waals surface area contributed by atoms with Crippen molar-refractivity contribution >= 4 is 34.6 Å². The van der Waals surface area contributed by atoms with Gasteiger partial charge in [0, 0.05) is 30.6 Å². The van der Waals surface area contributed by atoms with E-state index in [9.17, 15) is 0 Å². The summed E-state index contributed by atoms with van der Waals surface area (Å²) >= 11 is 1.98. The number of nitrogen functional groups attached to an aromatic ring is 1. The first-order valence-corrected chi connectivity index (χ1v) is 6.86. The fourth-order valence-electron chi connectivity index (χ4n) is 2.06. The highest BCUT2D eigenvalue weighted by Gasteiger charge is 2.23. The van der Waals surface area contributed by atoms with Gasteiger partial charge in [-0.25, -0.2) is 0 Å². The molecule has 0 spiro atoms. The number of rotatable bonds is 2. The zero-order valence-electron chi connectivity index (χ0n) is 9.72. The standard InChI is InChI=1S/C12H15N3OS/c1-15(9-4-5-17-7-9)12-14-10-3-2-8(13)6-11(10)16-12/h2-3,6,9H,4-5,7,13H2,1H3. The van der Waals surface area contributed by atoms with Gasteiger partial charge in [0.15, 0.2) is 5.58 Å². The van der Waals surface area contributed by atoms with Crippen LogP contribution >= 0.6 is 11.8 Å². The Hall–Kier alpha value is -1.36. The molecule has 1 aromatic carbocycles. The van der Waals surface area contributed by atoms with Gasteiger partial charge in [0.25, 0.3) is 6.01 Å². The molecule has 0 saturated carbocycles. The van der Waals surface area contributed by atoms with Gasteiger partial charge in [-0.2, -0.15) is 16.7 Å². The van der Waals surface area contributed by atoms with Crippen molar-refractivity contribution in [3.05, 3.63) is 18.2 Å². The van der Waals surface area contributed by atoms with Crippen molar-refractivity contribution in [2.75, 3.05) is 29.2 Å². The molecule has 1 unspecified atom stereocenters. The predicted octanol–water partition coefficient (Wildman–Crippen LogP) is 2.35. The topological polar surface area (TPSA) is 55.3 Å². The van der Waals surface area contributed by atoms with Gasteiger partial charge < -0.3 is 15.1 Å². The number of anilines is 2. The molecule has 4 nitrogen and oxygen atoms in total. The van der Waals surface area contributed by atoms with E-state index in [1.807, 2.05) is 37.0 Å². The van der Waals surface area contributed by atoms with Crippen molar-refractivity contribution in [1.82, 2.24) is 4.98 Å². The first-order chi connectivity index (χ1) is 8.24. The lowest BCUT2D eigenvalue weighted by Crippen LogP contribution is -2.31. The zero-order chi connectivity index (χ0) is 11.8. The van der Waals surface area contributed by atoms with Crippen LogP contribution in [-0.2, 0) is 0 Å². The molecule has 2 heterocycles. The molecule has 1 aliphatic heterocycles. The molecule has 1 atom stereocenters. The van der Waals surface area contributed by atoms with E-state index in [-0.39, 0.29) is 0 Å². The molecular formula is C12H15N3OS. The Morgan fingerprint density at radius 3 is 3.18 bits per heavy atom. The Morgan fingerprint density at radius 1 is 1.53 bits per heavy atom. The molecule has 0 bridgehead atoms. The normalized spacial score (nSPS) is 19.9. The van der Waals surface area contributed by atoms with Crippen molar-refractivity contribution in [2.24, 2.45) is 0 Å². The van der Waals surface area contributed by atoms with Crippen LogP contribution in [0.1, 0.15) is 6.42 Å². The number of oxazole rings is 1. The molecule has 0 aliphatic carbocycles. The van der Waals surface area contributed by atoms with Crippen molar-refractivity contribution in [2.45, 2.75) is 12.5 Å². The highest BCUT2D eigenvalue weighted by Crippen LogP contribution is 2.28. The number of hydrogen-bond donors (Lipinski definition) is 1. The lowest BCUT2D eigenvalue weighted by molar-refractivity contribution is 0.552. The van der Waals surface area contributed by atoms with Crippen molar-refractivity contribution in [3.63, 3.8) is 0 Å². The second-order valence-electron chi connectivity index (χ2n) is 4.35. The van der Waals surface area contributed by atoms with Gasteiger partial charge in [-0.15, -0.1) is 0 Å². The molecule has 0 amide bonds.